The SMILES string of the molecule is CC(NC1CCC(NC2CCC2)CC1)C(=O)C(=O)OI. The molecule has 2 rings (SSSR count). The third-order valence-corrected chi connectivity index (χ3v) is 4.85. The molecule has 5 nitrogen and oxygen atoms in total. The third kappa shape index (κ3) is 4.39. The molecule has 0 aromatic carbocycles. The molecule has 0 heterocycles. The van der Waals surface area contributed by atoms with Crippen LogP contribution in [0.4, 0.5) is 0 Å². The van der Waals surface area contributed by atoms with E-state index in [1.165, 1.54) is 42.3 Å². The van der Waals surface area contributed by atoms with Gasteiger partial charge in [-0.25, -0.2) is 4.79 Å². The minimum absolute atomic E-state index is 0.329. The number of halogens is 1. The first kappa shape index (κ1) is 16.2. The molecule has 114 valence electrons. The summed E-state index contributed by atoms with van der Waals surface area (Å²) in [6, 6.07) is 1.24. The molecular formula is C14H23IN2O3. The Kier molecular flexibility index (Phi) is 6.22. The van der Waals surface area contributed by atoms with E-state index in [0.29, 0.717) is 12.1 Å². The van der Waals surface area contributed by atoms with Crippen molar-refractivity contribution in [2.75, 3.05) is 0 Å². The van der Waals surface area contributed by atoms with Gasteiger partial charge in [0.2, 0.25) is 0 Å². The predicted molar refractivity (Wildman–Crippen MR) is 84.5 cm³/mol. The van der Waals surface area contributed by atoms with Crippen LogP contribution in [0.15, 0.2) is 0 Å². The summed E-state index contributed by atoms with van der Waals surface area (Å²) in [5.41, 5.74) is 0. The van der Waals surface area contributed by atoms with Crippen molar-refractivity contribution in [3.05, 3.63) is 0 Å². The lowest BCUT2D eigenvalue weighted by Crippen LogP contribution is -2.49. The fourth-order valence-corrected chi connectivity index (χ4v) is 3.20. The Balaban J connectivity index is 1.68. The van der Waals surface area contributed by atoms with Crippen LogP contribution in [-0.2, 0) is 12.7 Å². The smallest absolute Gasteiger partial charge is 0.385 e. The summed E-state index contributed by atoms with van der Waals surface area (Å²) in [5.74, 6) is -1.26. The number of carbonyl (C=O) groups is 2. The number of hydrogen-bond donors (Lipinski definition) is 2. The highest BCUT2D eigenvalue weighted by Gasteiger charge is 2.29. The number of ketones is 1. The Bertz CT molecular complexity index is 352. The molecule has 0 radical (unpaired) electrons. The van der Waals surface area contributed by atoms with Crippen LogP contribution < -0.4 is 10.6 Å². The Morgan fingerprint density at radius 3 is 2.10 bits per heavy atom. The maximum atomic E-state index is 11.6. The molecule has 2 fully saturated rings. The van der Waals surface area contributed by atoms with Crippen LogP contribution >= 0.6 is 23.0 Å². The average Bonchev–Trinajstić information content (AvgIpc) is 2.42. The van der Waals surface area contributed by atoms with E-state index in [9.17, 15) is 9.59 Å². The highest BCUT2D eigenvalue weighted by molar-refractivity contribution is 14.1. The van der Waals surface area contributed by atoms with E-state index >= 15 is 0 Å². The van der Waals surface area contributed by atoms with Crippen LogP contribution in [0.3, 0.4) is 0 Å². The molecule has 0 saturated heterocycles. The quantitative estimate of drug-likeness (QED) is 0.532. The maximum absolute atomic E-state index is 11.6. The molecule has 0 aromatic heterocycles. The van der Waals surface area contributed by atoms with Gasteiger partial charge in [-0.15, -0.1) is 0 Å². The minimum Gasteiger partial charge on any atom is -0.389 e. The van der Waals surface area contributed by atoms with Crippen LogP contribution in [-0.4, -0.2) is 35.9 Å². The fraction of sp³-hybridized carbons (Fsp3) is 0.857. The summed E-state index contributed by atoms with van der Waals surface area (Å²) in [5, 5.41) is 6.96. The molecule has 20 heavy (non-hydrogen) atoms. The standard InChI is InChI=1S/C14H23IN2O3/c1-9(13(18)14(19)20-15)16-11-5-7-12(8-6-11)17-10-3-2-4-10/h9-12,16-17H,2-8H2,1H3. The molecule has 0 aromatic rings. The molecule has 0 bridgehead atoms. The maximum Gasteiger partial charge on any atom is 0.385 e. The first-order valence-electron chi connectivity index (χ1n) is 7.49. The molecule has 6 heteroatoms. The molecule has 0 aliphatic heterocycles. The number of Topliss-reactive ketones (excluding diaryl/α,β-unsaturated/α-hetero) is 1. The Labute approximate surface area is 134 Å². The molecule has 2 aliphatic carbocycles. The van der Waals surface area contributed by atoms with Crippen molar-refractivity contribution >= 4 is 34.8 Å². The van der Waals surface area contributed by atoms with Gasteiger partial charge in [-0.2, -0.15) is 0 Å². The topological polar surface area (TPSA) is 67.4 Å². The van der Waals surface area contributed by atoms with E-state index in [2.05, 4.69) is 13.7 Å². The Morgan fingerprint density at radius 2 is 1.60 bits per heavy atom. The first-order chi connectivity index (χ1) is 9.60. The lowest BCUT2D eigenvalue weighted by molar-refractivity contribution is -0.145. The Hall–Kier alpha value is -0.210. The van der Waals surface area contributed by atoms with E-state index in [1.54, 1.807) is 6.92 Å². The highest BCUT2D eigenvalue weighted by Crippen LogP contribution is 2.24. The number of carbonyl (C=O) groups excluding carboxylic acids is 2. The number of nitrogens with one attached hydrogen (secondary N) is 2. The number of hydrogen-bond acceptors (Lipinski definition) is 5. The lowest BCUT2D eigenvalue weighted by atomic mass is 9.87. The van der Waals surface area contributed by atoms with Crippen molar-refractivity contribution in [3.63, 3.8) is 0 Å². The zero-order valence-corrected chi connectivity index (χ0v) is 14.0. The monoisotopic (exact) mass is 394 g/mol. The van der Waals surface area contributed by atoms with Crippen molar-refractivity contribution < 1.29 is 12.7 Å². The molecule has 2 N–H and O–H groups in total. The molecule has 1 atom stereocenters. The zero-order valence-electron chi connectivity index (χ0n) is 11.9. The van der Waals surface area contributed by atoms with E-state index < -0.39 is 17.8 Å². The molecule has 0 amide bonds. The summed E-state index contributed by atoms with van der Waals surface area (Å²) in [6.45, 7) is 1.73. The van der Waals surface area contributed by atoms with Crippen LogP contribution in [0.5, 0.6) is 0 Å². The molecule has 2 aliphatic rings. The second-order valence-electron chi connectivity index (χ2n) is 5.96. The summed E-state index contributed by atoms with van der Waals surface area (Å²) in [7, 11) is 0. The summed E-state index contributed by atoms with van der Waals surface area (Å²) < 4.78 is 4.43. The zero-order chi connectivity index (χ0) is 14.5. The summed E-state index contributed by atoms with van der Waals surface area (Å²) in [6.07, 6.45) is 8.41. The Morgan fingerprint density at radius 1 is 1.05 bits per heavy atom. The van der Waals surface area contributed by atoms with Gasteiger partial charge in [0.1, 0.15) is 0 Å². The van der Waals surface area contributed by atoms with E-state index in [-0.39, 0.29) is 0 Å². The van der Waals surface area contributed by atoms with Crippen molar-refractivity contribution in [3.8, 4) is 0 Å². The van der Waals surface area contributed by atoms with Crippen molar-refractivity contribution in [1.29, 1.82) is 0 Å². The van der Waals surface area contributed by atoms with Crippen LogP contribution in [0.1, 0.15) is 51.9 Å². The van der Waals surface area contributed by atoms with Gasteiger partial charge in [-0.3, -0.25) is 4.79 Å². The van der Waals surface area contributed by atoms with Gasteiger partial charge >= 0.3 is 5.97 Å². The van der Waals surface area contributed by atoms with Crippen LogP contribution in [0.2, 0.25) is 0 Å². The first-order valence-corrected chi connectivity index (χ1v) is 8.37. The second kappa shape index (κ2) is 7.70. The van der Waals surface area contributed by atoms with Crippen molar-refractivity contribution in [2.45, 2.75) is 76.0 Å². The van der Waals surface area contributed by atoms with E-state index in [4.69, 9.17) is 0 Å². The van der Waals surface area contributed by atoms with Gasteiger partial charge in [0.05, 0.1) is 6.04 Å². The highest BCUT2D eigenvalue weighted by atomic mass is 127. The van der Waals surface area contributed by atoms with Gasteiger partial charge in [0.15, 0.2) is 23.0 Å². The predicted octanol–water partition coefficient (Wildman–Crippen LogP) is 1.88. The normalized spacial score (nSPS) is 28.5. The van der Waals surface area contributed by atoms with Crippen molar-refractivity contribution in [1.82, 2.24) is 10.6 Å². The fourth-order valence-electron chi connectivity index (χ4n) is 2.98. The van der Waals surface area contributed by atoms with Crippen LogP contribution in [0, 0.1) is 0 Å². The molecular weight excluding hydrogens is 371 g/mol. The molecule has 1 unspecified atom stereocenters. The third-order valence-electron chi connectivity index (χ3n) is 4.45. The van der Waals surface area contributed by atoms with Crippen molar-refractivity contribution in [2.24, 2.45) is 0 Å². The minimum atomic E-state index is -0.772. The van der Waals surface area contributed by atoms with Gasteiger partial charge < -0.3 is 13.7 Å². The summed E-state index contributed by atoms with van der Waals surface area (Å²) >= 11 is 1.45. The van der Waals surface area contributed by atoms with Gasteiger partial charge in [0, 0.05) is 18.1 Å². The summed E-state index contributed by atoms with van der Waals surface area (Å²) in [4.78, 5) is 22.8. The van der Waals surface area contributed by atoms with E-state index in [1.807, 2.05) is 0 Å². The molecule has 2 saturated carbocycles. The second-order valence-corrected chi connectivity index (χ2v) is 6.40. The average molecular weight is 394 g/mol. The molecule has 0 spiro atoms. The lowest BCUT2D eigenvalue weighted by Gasteiger charge is -2.36. The van der Waals surface area contributed by atoms with Crippen LogP contribution in [0.25, 0.3) is 0 Å². The van der Waals surface area contributed by atoms with Gasteiger partial charge in [-0.05, 0) is 45.4 Å². The number of rotatable bonds is 6. The van der Waals surface area contributed by atoms with Gasteiger partial charge in [0.25, 0.3) is 5.78 Å². The van der Waals surface area contributed by atoms with Gasteiger partial charge in [-0.1, -0.05) is 6.42 Å². The van der Waals surface area contributed by atoms with E-state index in [0.717, 1.165) is 31.7 Å². The largest absolute Gasteiger partial charge is 0.389 e.